The Kier molecular flexibility index (Phi) is 2.89. The molecule has 2 nitrogen and oxygen atoms in total. The van der Waals surface area contributed by atoms with E-state index in [9.17, 15) is 9.18 Å². The zero-order valence-electron chi connectivity index (χ0n) is 8.60. The van der Waals surface area contributed by atoms with Gasteiger partial charge in [-0.2, -0.15) is 0 Å². The predicted molar refractivity (Wildman–Crippen MR) is 54.8 cm³/mol. The molecule has 1 aromatic rings. The molecule has 0 heterocycles. The minimum atomic E-state index is -0.613. The third-order valence-corrected chi connectivity index (χ3v) is 2.18. The number of ketones is 1. The molecule has 0 radical (unpaired) electrons. The van der Waals surface area contributed by atoms with Gasteiger partial charge in [-0.25, -0.2) is 4.39 Å². The van der Waals surface area contributed by atoms with Gasteiger partial charge >= 0.3 is 0 Å². The molecular formula is C11H14FNO. The fraction of sp³-hybridized carbons (Fsp3) is 0.364. The van der Waals surface area contributed by atoms with Crippen molar-refractivity contribution >= 4 is 11.5 Å². The highest BCUT2D eigenvalue weighted by Crippen LogP contribution is 2.16. The lowest BCUT2D eigenvalue weighted by atomic mass is 10.00. The molecule has 0 aromatic heterocycles. The van der Waals surface area contributed by atoms with Gasteiger partial charge in [-0.05, 0) is 45.0 Å². The Morgan fingerprint density at radius 1 is 1.29 bits per heavy atom. The van der Waals surface area contributed by atoms with Crippen molar-refractivity contribution in [3.8, 4) is 0 Å². The third kappa shape index (κ3) is 2.55. The number of Topliss-reactive ketones (excluding diaryl/α,β-unsaturated/α-hetero) is 1. The van der Waals surface area contributed by atoms with Crippen molar-refractivity contribution in [1.82, 2.24) is 0 Å². The number of nitrogens with one attached hydrogen (secondary N) is 1. The molecule has 0 atom stereocenters. The number of hydrogen-bond donors (Lipinski definition) is 1. The first-order chi connectivity index (χ1) is 6.42. The van der Waals surface area contributed by atoms with Crippen LogP contribution in [0.15, 0.2) is 24.3 Å². The highest BCUT2D eigenvalue weighted by atomic mass is 19.1. The summed E-state index contributed by atoms with van der Waals surface area (Å²) in [6, 6.07) is 5.94. The Bertz CT molecular complexity index is 330. The van der Waals surface area contributed by atoms with E-state index in [1.807, 2.05) is 0 Å². The zero-order chi connectivity index (χ0) is 10.8. The van der Waals surface area contributed by atoms with Crippen LogP contribution in [0.5, 0.6) is 0 Å². The van der Waals surface area contributed by atoms with Crippen LogP contribution in [0.2, 0.25) is 0 Å². The molecule has 0 saturated heterocycles. The Morgan fingerprint density at radius 3 is 2.21 bits per heavy atom. The molecule has 1 rings (SSSR count). The summed E-state index contributed by atoms with van der Waals surface area (Å²) in [6.45, 7) is 5.11. The van der Waals surface area contributed by atoms with Crippen LogP contribution in [0, 0.1) is 5.82 Å². The minimum Gasteiger partial charge on any atom is -0.373 e. The van der Waals surface area contributed by atoms with Crippen molar-refractivity contribution in [2.45, 2.75) is 26.3 Å². The van der Waals surface area contributed by atoms with Gasteiger partial charge in [0.2, 0.25) is 0 Å². The summed E-state index contributed by atoms with van der Waals surface area (Å²) in [5.41, 5.74) is 0.129. The molecule has 0 aliphatic carbocycles. The van der Waals surface area contributed by atoms with Crippen molar-refractivity contribution in [2.75, 3.05) is 5.32 Å². The number of rotatable bonds is 3. The topological polar surface area (TPSA) is 29.1 Å². The summed E-state index contributed by atoms with van der Waals surface area (Å²) < 4.78 is 12.6. The maximum atomic E-state index is 12.6. The molecule has 0 spiro atoms. The molecule has 1 N–H and O–H groups in total. The Morgan fingerprint density at radius 2 is 1.79 bits per heavy atom. The van der Waals surface area contributed by atoms with Gasteiger partial charge in [0, 0.05) is 5.69 Å². The summed E-state index contributed by atoms with van der Waals surface area (Å²) in [5.74, 6) is -0.238. The average molecular weight is 195 g/mol. The molecule has 0 amide bonds. The second-order valence-corrected chi connectivity index (χ2v) is 3.81. The molecule has 1 aromatic carbocycles. The number of hydrogen-bond acceptors (Lipinski definition) is 2. The number of anilines is 1. The number of carbonyl (C=O) groups is 1. The summed E-state index contributed by atoms with van der Waals surface area (Å²) in [5, 5.41) is 3.03. The maximum absolute atomic E-state index is 12.6. The normalized spacial score (nSPS) is 11.1. The number of carbonyl (C=O) groups excluding carboxylic acids is 1. The van der Waals surface area contributed by atoms with E-state index in [-0.39, 0.29) is 11.6 Å². The summed E-state index contributed by atoms with van der Waals surface area (Å²) in [4.78, 5) is 11.2. The van der Waals surface area contributed by atoms with Crippen LogP contribution in [0.4, 0.5) is 10.1 Å². The SMILES string of the molecule is CC(=O)C(C)(C)Nc1ccc(F)cc1. The lowest BCUT2D eigenvalue weighted by Crippen LogP contribution is -2.38. The summed E-state index contributed by atoms with van der Waals surface area (Å²) >= 11 is 0. The van der Waals surface area contributed by atoms with Crippen molar-refractivity contribution in [2.24, 2.45) is 0 Å². The van der Waals surface area contributed by atoms with E-state index in [0.29, 0.717) is 0 Å². The van der Waals surface area contributed by atoms with E-state index in [0.717, 1.165) is 5.69 Å². The quantitative estimate of drug-likeness (QED) is 0.803. The van der Waals surface area contributed by atoms with Gasteiger partial charge in [0.1, 0.15) is 5.82 Å². The second-order valence-electron chi connectivity index (χ2n) is 3.81. The largest absolute Gasteiger partial charge is 0.373 e. The van der Waals surface area contributed by atoms with Crippen LogP contribution >= 0.6 is 0 Å². The van der Waals surface area contributed by atoms with Crippen molar-refractivity contribution in [3.05, 3.63) is 30.1 Å². The second kappa shape index (κ2) is 3.78. The van der Waals surface area contributed by atoms with Crippen LogP contribution in [0.25, 0.3) is 0 Å². The first kappa shape index (κ1) is 10.7. The highest BCUT2D eigenvalue weighted by Gasteiger charge is 2.22. The molecule has 14 heavy (non-hydrogen) atoms. The number of benzene rings is 1. The van der Waals surface area contributed by atoms with Gasteiger partial charge in [-0.1, -0.05) is 0 Å². The predicted octanol–water partition coefficient (Wildman–Crippen LogP) is 2.61. The van der Waals surface area contributed by atoms with Gasteiger partial charge in [-0.3, -0.25) is 4.79 Å². The van der Waals surface area contributed by atoms with Crippen molar-refractivity contribution in [1.29, 1.82) is 0 Å². The van der Waals surface area contributed by atoms with E-state index < -0.39 is 5.54 Å². The van der Waals surface area contributed by atoms with Gasteiger partial charge < -0.3 is 5.32 Å². The fourth-order valence-corrected chi connectivity index (χ4v) is 0.982. The van der Waals surface area contributed by atoms with Crippen LogP contribution in [0.3, 0.4) is 0 Å². The van der Waals surface area contributed by atoms with Crippen molar-refractivity contribution < 1.29 is 9.18 Å². The Balaban J connectivity index is 2.79. The summed E-state index contributed by atoms with van der Waals surface area (Å²) in [7, 11) is 0. The van der Waals surface area contributed by atoms with Gasteiger partial charge in [0.15, 0.2) is 5.78 Å². The first-order valence-electron chi connectivity index (χ1n) is 4.46. The Labute approximate surface area is 83.1 Å². The van der Waals surface area contributed by atoms with Crippen molar-refractivity contribution in [3.63, 3.8) is 0 Å². The van der Waals surface area contributed by atoms with E-state index >= 15 is 0 Å². The lowest BCUT2D eigenvalue weighted by molar-refractivity contribution is -0.120. The molecular weight excluding hydrogens is 181 g/mol. The smallest absolute Gasteiger partial charge is 0.154 e. The van der Waals surface area contributed by atoms with E-state index in [1.165, 1.54) is 19.1 Å². The number of halogens is 1. The fourth-order valence-electron chi connectivity index (χ4n) is 0.982. The van der Waals surface area contributed by atoms with Crippen LogP contribution in [-0.4, -0.2) is 11.3 Å². The van der Waals surface area contributed by atoms with E-state index in [1.54, 1.807) is 26.0 Å². The van der Waals surface area contributed by atoms with Crippen LogP contribution in [-0.2, 0) is 4.79 Å². The highest BCUT2D eigenvalue weighted by molar-refractivity contribution is 5.88. The van der Waals surface area contributed by atoms with Gasteiger partial charge in [0.25, 0.3) is 0 Å². The molecule has 0 unspecified atom stereocenters. The van der Waals surface area contributed by atoms with Crippen LogP contribution < -0.4 is 5.32 Å². The molecule has 76 valence electrons. The van der Waals surface area contributed by atoms with Crippen LogP contribution in [0.1, 0.15) is 20.8 Å². The maximum Gasteiger partial charge on any atom is 0.154 e. The minimum absolute atomic E-state index is 0.0434. The molecule has 3 heteroatoms. The van der Waals surface area contributed by atoms with E-state index in [4.69, 9.17) is 0 Å². The molecule has 0 aliphatic rings. The lowest BCUT2D eigenvalue weighted by Gasteiger charge is -2.24. The molecule has 0 fully saturated rings. The molecule has 0 bridgehead atoms. The third-order valence-electron chi connectivity index (χ3n) is 2.18. The van der Waals surface area contributed by atoms with E-state index in [2.05, 4.69) is 5.32 Å². The van der Waals surface area contributed by atoms with Gasteiger partial charge in [-0.15, -0.1) is 0 Å². The first-order valence-corrected chi connectivity index (χ1v) is 4.46. The average Bonchev–Trinajstić information content (AvgIpc) is 2.08. The summed E-state index contributed by atoms with van der Waals surface area (Å²) in [6.07, 6.45) is 0. The monoisotopic (exact) mass is 195 g/mol. The Hall–Kier alpha value is -1.38. The zero-order valence-corrected chi connectivity index (χ0v) is 8.60. The molecule has 0 aliphatic heterocycles. The van der Waals surface area contributed by atoms with Gasteiger partial charge in [0.05, 0.1) is 5.54 Å². The molecule has 0 saturated carbocycles. The standard InChI is InChI=1S/C11H14FNO/c1-8(14)11(2,3)13-10-6-4-9(12)5-7-10/h4-7,13H,1-3H3.